The van der Waals surface area contributed by atoms with Gasteiger partial charge in [-0.05, 0) is 38.1 Å². The number of nitrogens with zero attached hydrogens (tertiary/aromatic N) is 3. The van der Waals surface area contributed by atoms with Gasteiger partial charge in [-0.1, -0.05) is 27.2 Å². The van der Waals surface area contributed by atoms with E-state index in [-0.39, 0.29) is 0 Å². The molecule has 5 heteroatoms. The fourth-order valence-corrected chi connectivity index (χ4v) is 3.34. The first-order valence-corrected chi connectivity index (χ1v) is 9.58. The summed E-state index contributed by atoms with van der Waals surface area (Å²) in [7, 11) is 0. The molecule has 0 aliphatic carbocycles. The van der Waals surface area contributed by atoms with Gasteiger partial charge >= 0.3 is 0 Å². The molecule has 1 unspecified atom stereocenters. The molecule has 136 valence electrons. The Kier molecular flexibility index (Phi) is 8.16. The number of rotatable bonds is 9. The smallest absolute Gasteiger partial charge is 0.193 e. The molecule has 1 aromatic heterocycles. The maximum atomic E-state index is 5.42. The molecule has 5 nitrogen and oxygen atoms in total. The van der Waals surface area contributed by atoms with Crippen molar-refractivity contribution in [1.82, 2.24) is 15.1 Å². The summed E-state index contributed by atoms with van der Waals surface area (Å²) in [5.74, 6) is 2.10. The lowest BCUT2D eigenvalue weighted by molar-refractivity contribution is 0.223. The number of hydrogen-bond acceptors (Lipinski definition) is 3. The second-order valence-corrected chi connectivity index (χ2v) is 6.42. The van der Waals surface area contributed by atoms with E-state index >= 15 is 0 Å². The van der Waals surface area contributed by atoms with Crippen molar-refractivity contribution in [2.24, 2.45) is 4.99 Å². The fraction of sp³-hybridized carbons (Fsp3) is 0.737. The molecule has 2 heterocycles. The number of likely N-dealkylation sites (N-methyl/N-ethyl adjacent to an activating group) is 1. The van der Waals surface area contributed by atoms with Crippen molar-refractivity contribution in [3.05, 3.63) is 24.2 Å². The quantitative estimate of drug-likeness (QED) is 0.428. The summed E-state index contributed by atoms with van der Waals surface area (Å²) in [6.45, 7) is 12.9. The van der Waals surface area contributed by atoms with Gasteiger partial charge in [0.05, 0.1) is 6.26 Å². The van der Waals surface area contributed by atoms with Crippen LogP contribution in [0.15, 0.2) is 27.8 Å². The van der Waals surface area contributed by atoms with Gasteiger partial charge in [0, 0.05) is 38.6 Å². The molecule has 0 amide bonds. The lowest BCUT2D eigenvalue weighted by atomic mass is 10.2. The highest BCUT2D eigenvalue weighted by Crippen LogP contribution is 2.15. The summed E-state index contributed by atoms with van der Waals surface area (Å²) in [4.78, 5) is 9.84. The SMILES string of the molecule is CCCCN=C(NCCc1ccco1)N1CCC(N(CC)CC)C1. The highest BCUT2D eigenvalue weighted by Gasteiger charge is 2.28. The first-order valence-electron chi connectivity index (χ1n) is 9.58. The Balaban J connectivity index is 1.89. The third-order valence-electron chi connectivity index (χ3n) is 4.80. The van der Waals surface area contributed by atoms with Crippen molar-refractivity contribution >= 4 is 5.96 Å². The van der Waals surface area contributed by atoms with Gasteiger partial charge in [-0.25, -0.2) is 0 Å². The van der Waals surface area contributed by atoms with Gasteiger partial charge in [0.15, 0.2) is 5.96 Å². The Morgan fingerprint density at radius 1 is 1.38 bits per heavy atom. The molecular weight excluding hydrogens is 300 g/mol. The topological polar surface area (TPSA) is 44.0 Å². The maximum Gasteiger partial charge on any atom is 0.193 e. The third kappa shape index (κ3) is 5.55. The summed E-state index contributed by atoms with van der Waals surface area (Å²) in [5, 5.41) is 3.55. The maximum absolute atomic E-state index is 5.42. The molecule has 0 saturated carbocycles. The van der Waals surface area contributed by atoms with Gasteiger partial charge in [-0.15, -0.1) is 0 Å². The van der Waals surface area contributed by atoms with Crippen molar-refractivity contribution in [3.63, 3.8) is 0 Å². The number of guanidine groups is 1. The van der Waals surface area contributed by atoms with Crippen LogP contribution in [0.3, 0.4) is 0 Å². The number of unbranched alkanes of at least 4 members (excludes halogenated alkanes) is 1. The average molecular weight is 335 g/mol. The van der Waals surface area contributed by atoms with Crippen LogP contribution < -0.4 is 5.32 Å². The Hall–Kier alpha value is -1.49. The lowest BCUT2D eigenvalue weighted by Gasteiger charge is -2.27. The van der Waals surface area contributed by atoms with Gasteiger partial charge in [0.2, 0.25) is 0 Å². The van der Waals surface area contributed by atoms with E-state index in [9.17, 15) is 0 Å². The van der Waals surface area contributed by atoms with Crippen molar-refractivity contribution in [1.29, 1.82) is 0 Å². The van der Waals surface area contributed by atoms with Crippen molar-refractivity contribution in [3.8, 4) is 0 Å². The molecule has 1 aromatic rings. The number of furan rings is 1. The molecule has 2 rings (SSSR count). The van der Waals surface area contributed by atoms with E-state index in [1.165, 1.54) is 12.8 Å². The molecule has 0 radical (unpaired) electrons. The average Bonchev–Trinajstić information content (AvgIpc) is 3.27. The molecule has 1 fully saturated rings. The van der Waals surface area contributed by atoms with Crippen LogP contribution in [0.1, 0.15) is 45.8 Å². The normalized spacial score (nSPS) is 18.6. The molecule has 1 aliphatic heterocycles. The zero-order chi connectivity index (χ0) is 17.2. The minimum absolute atomic E-state index is 0.656. The van der Waals surface area contributed by atoms with Crippen LogP contribution in [0.2, 0.25) is 0 Å². The molecule has 0 aromatic carbocycles. The summed E-state index contributed by atoms with van der Waals surface area (Å²) < 4.78 is 5.42. The standard InChI is InChI=1S/C19H34N4O/c1-4-7-12-20-19(21-13-10-18-9-8-15-24-18)23-14-11-17(16-23)22(5-2)6-3/h8-9,15,17H,4-7,10-14,16H2,1-3H3,(H,20,21). The van der Waals surface area contributed by atoms with Gasteiger partial charge < -0.3 is 14.6 Å². The van der Waals surface area contributed by atoms with Crippen molar-refractivity contribution in [2.45, 2.75) is 52.5 Å². The van der Waals surface area contributed by atoms with Crippen LogP contribution in [0.5, 0.6) is 0 Å². The minimum Gasteiger partial charge on any atom is -0.469 e. The molecule has 1 saturated heterocycles. The largest absolute Gasteiger partial charge is 0.469 e. The molecule has 24 heavy (non-hydrogen) atoms. The number of likely N-dealkylation sites (tertiary alicyclic amines) is 1. The summed E-state index contributed by atoms with van der Waals surface area (Å²) in [6, 6.07) is 4.63. The van der Waals surface area contributed by atoms with Crippen LogP contribution in [0, 0.1) is 0 Å². The second kappa shape index (κ2) is 10.4. The summed E-state index contributed by atoms with van der Waals surface area (Å²) >= 11 is 0. The lowest BCUT2D eigenvalue weighted by Crippen LogP contribution is -2.44. The van der Waals surface area contributed by atoms with Gasteiger partial charge in [0.25, 0.3) is 0 Å². The van der Waals surface area contributed by atoms with E-state index in [0.717, 1.165) is 63.8 Å². The first-order chi connectivity index (χ1) is 11.8. The molecule has 0 spiro atoms. The third-order valence-corrected chi connectivity index (χ3v) is 4.80. The number of aliphatic imine (C=N–C) groups is 1. The van der Waals surface area contributed by atoms with Crippen molar-refractivity contribution < 1.29 is 4.42 Å². The molecule has 1 atom stereocenters. The van der Waals surface area contributed by atoms with Crippen molar-refractivity contribution in [2.75, 3.05) is 39.3 Å². The molecule has 1 aliphatic rings. The second-order valence-electron chi connectivity index (χ2n) is 6.42. The molecular formula is C19H34N4O. The fourth-order valence-electron chi connectivity index (χ4n) is 3.34. The van der Waals surface area contributed by atoms with E-state index < -0.39 is 0 Å². The Morgan fingerprint density at radius 3 is 2.88 bits per heavy atom. The monoisotopic (exact) mass is 334 g/mol. The highest BCUT2D eigenvalue weighted by atomic mass is 16.3. The Morgan fingerprint density at radius 2 is 2.21 bits per heavy atom. The summed E-state index contributed by atoms with van der Waals surface area (Å²) in [6.07, 6.45) is 6.20. The highest BCUT2D eigenvalue weighted by molar-refractivity contribution is 5.80. The van der Waals surface area contributed by atoms with E-state index in [1.807, 2.05) is 12.1 Å². The van der Waals surface area contributed by atoms with Crippen LogP contribution in [-0.2, 0) is 6.42 Å². The molecule has 1 N–H and O–H groups in total. The van der Waals surface area contributed by atoms with E-state index in [0.29, 0.717) is 6.04 Å². The first kappa shape index (κ1) is 18.8. The van der Waals surface area contributed by atoms with Crippen LogP contribution in [0.4, 0.5) is 0 Å². The molecule has 0 bridgehead atoms. The van der Waals surface area contributed by atoms with Gasteiger partial charge in [-0.3, -0.25) is 9.89 Å². The Bertz CT molecular complexity index is 468. The van der Waals surface area contributed by atoms with Crippen LogP contribution in [0.25, 0.3) is 0 Å². The van der Waals surface area contributed by atoms with E-state index in [4.69, 9.17) is 9.41 Å². The zero-order valence-electron chi connectivity index (χ0n) is 15.6. The Labute approximate surface area is 147 Å². The van der Waals surface area contributed by atoms with E-state index in [2.05, 4.69) is 35.9 Å². The predicted octanol–water partition coefficient (Wildman–Crippen LogP) is 2.98. The number of hydrogen-bond donors (Lipinski definition) is 1. The van der Waals surface area contributed by atoms with Gasteiger partial charge in [-0.2, -0.15) is 0 Å². The van der Waals surface area contributed by atoms with Gasteiger partial charge in [0.1, 0.15) is 5.76 Å². The van der Waals surface area contributed by atoms with E-state index in [1.54, 1.807) is 6.26 Å². The minimum atomic E-state index is 0.656. The van der Waals surface area contributed by atoms with Crippen LogP contribution in [-0.4, -0.2) is 61.1 Å². The zero-order valence-corrected chi connectivity index (χ0v) is 15.6. The van der Waals surface area contributed by atoms with Crippen LogP contribution >= 0.6 is 0 Å². The predicted molar refractivity (Wildman–Crippen MR) is 101 cm³/mol. The number of nitrogens with one attached hydrogen (secondary N) is 1. The summed E-state index contributed by atoms with van der Waals surface area (Å²) in [5.41, 5.74) is 0.